The zero-order valence-corrected chi connectivity index (χ0v) is 19.9. The summed E-state index contributed by atoms with van der Waals surface area (Å²) in [5.41, 5.74) is 1.11. The Morgan fingerprint density at radius 1 is 0.812 bits per heavy atom. The van der Waals surface area contributed by atoms with E-state index in [1.807, 2.05) is 43.3 Å². The lowest BCUT2D eigenvalue weighted by molar-refractivity contribution is -0.161. The second-order valence-electron chi connectivity index (χ2n) is 7.68. The fourth-order valence-corrected chi connectivity index (χ4v) is 3.04. The molecule has 0 atom stereocenters. The van der Waals surface area contributed by atoms with Crippen LogP contribution in [0.3, 0.4) is 0 Å². The van der Waals surface area contributed by atoms with Crippen molar-refractivity contribution in [1.29, 1.82) is 0 Å². The van der Waals surface area contributed by atoms with Crippen molar-refractivity contribution in [3.63, 3.8) is 0 Å². The summed E-state index contributed by atoms with van der Waals surface area (Å²) in [7, 11) is 0. The Morgan fingerprint density at radius 3 is 1.72 bits per heavy atom. The molecular formula is C26H38O6. The fraction of sp³-hybridized carbons (Fsp3) is 0.462. The van der Waals surface area contributed by atoms with Crippen LogP contribution in [0.1, 0.15) is 53.0 Å². The van der Waals surface area contributed by atoms with Gasteiger partial charge in [-0.15, -0.1) is 0 Å². The van der Waals surface area contributed by atoms with Gasteiger partial charge in [-0.3, -0.25) is 9.59 Å². The van der Waals surface area contributed by atoms with Gasteiger partial charge in [-0.1, -0.05) is 61.9 Å². The number of rotatable bonds is 10. The third-order valence-corrected chi connectivity index (χ3v) is 4.33. The average molecular weight is 447 g/mol. The van der Waals surface area contributed by atoms with Gasteiger partial charge in [-0.25, -0.2) is 0 Å². The van der Waals surface area contributed by atoms with Crippen LogP contribution in [0.25, 0.3) is 0 Å². The van der Waals surface area contributed by atoms with Gasteiger partial charge in [0.15, 0.2) is 5.92 Å². The topological polar surface area (TPSA) is 93.3 Å². The summed E-state index contributed by atoms with van der Waals surface area (Å²) in [6.45, 7) is 10.2. The third-order valence-electron chi connectivity index (χ3n) is 4.33. The van der Waals surface area contributed by atoms with Crippen LogP contribution in [0.5, 0.6) is 5.75 Å². The minimum atomic E-state index is -0.750. The quantitative estimate of drug-likeness (QED) is 0.386. The molecule has 0 aliphatic carbocycles. The number of para-hydroxylation sites is 1. The van der Waals surface area contributed by atoms with E-state index in [2.05, 4.69) is 38.1 Å². The first-order chi connectivity index (χ1) is 14.8. The molecule has 0 heterocycles. The van der Waals surface area contributed by atoms with E-state index in [-0.39, 0.29) is 11.1 Å². The molecule has 0 radical (unpaired) electrons. The summed E-state index contributed by atoms with van der Waals surface area (Å²) in [4.78, 5) is 22.7. The van der Waals surface area contributed by atoms with Crippen LogP contribution in [0.4, 0.5) is 0 Å². The largest absolute Gasteiger partial charge is 0.488 e. The monoisotopic (exact) mass is 446 g/mol. The molecule has 0 bridgehead atoms. The lowest BCUT2D eigenvalue weighted by Gasteiger charge is -2.26. The van der Waals surface area contributed by atoms with E-state index >= 15 is 0 Å². The minimum Gasteiger partial charge on any atom is -0.488 e. The predicted molar refractivity (Wildman–Crippen MR) is 127 cm³/mol. The molecule has 178 valence electrons. The molecule has 0 unspecified atom stereocenters. The number of esters is 2. The zero-order valence-electron chi connectivity index (χ0n) is 19.9. The van der Waals surface area contributed by atoms with Crippen LogP contribution in [0.15, 0.2) is 60.7 Å². The molecular weight excluding hydrogens is 408 g/mol. The molecule has 2 rings (SSSR count). The van der Waals surface area contributed by atoms with Crippen LogP contribution in [-0.2, 0) is 25.5 Å². The van der Waals surface area contributed by atoms with Crippen LogP contribution in [0, 0.1) is 5.92 Å². The average Bonchev–Trinajstić information content (AvgIpc) is 2.73. The van der Waals surface area contributed by atoms with E-state index in [1.54, 1.807) is 13.8 Å². The molecule has 32 heavy (non-hydrogen) atoms. The van der Waals surface area contributed by atoms with Gasteiger partial charge in [-0.2, -0.15) is 0 Å². The Morgan fingerprint density at radius 2 is 1.28 bits per heavy atom. The highest BCUT2D eigenvalue weighted by atomic mass is 16.6. The number of hydrogen-bond acceptors (Lipinski definition) is 5. The third kappa shape index (κ3) is 11.5. The lowest BCUT2D eigenvalue weighted by atomic mass is 9.98. The molecule has 0 spiro atoms. The summed E-state index contributed by atoms with van der Waals surface area (Å²) in [5.74, 6) is -0.783. The van der Waals surface area contributed by atoms with Crippen molar-refractivity contribution < 1.29 is 29.3 Å². The molecule has 0 aliphatic rings. The Labute approximate surface area is 192 Å². The van der Waals surface area contributed by atoms with Crippen molar-refractivity contribution in [2.75, 3.05) is 13.2 Å². The molecule has 2 aromatic carbocycles. The Kier molecular flexibility index (Phi) is 14.5. The van der Waals surface area contributed by atoms with Crippen LogP contribution < -0.4 is 4.74 Å². The van der Waals surface area contributed by atoms with Crippen molar-refractivity contribution in [1.82, 2.24) is 0 Å². The maximum Gasteiger partial charge on any atom is 0.320 e. The second-order valence-corrected chi connectivity index (χ2v) is 7.68. The number of hydrogen-bond donors (Lipinski definition) is 0. The van der Waals surface area contributed by atoms with E-state index in [0.29, 0.717) is 19.6 Å². The van der Waals surface area contributed by atoms with Gasteiger partial charge in [0.05, 0.1) is 13.2 Å². The fourth-order valence-electron chi connectivity index (χ4n) is 3.04. The standard InChI is InChI=1S/C16H18O.C10H18O4.H2O/c1-16(2,13-14-9-5-3-6-10-14)17-15-11-7-4-8-12-15;1-4-7-8(9(11)13-5-2)10(12)14-6-3;/h3-12H,13H2,1-2H3;8H,4-7H2,1-3H3;1H2. The zero-order chi connectivity index (χ0) is 23.1. The van der Waals surface area contributed by atoms with Crippen molar-refractivity contribution >= 4 is 11.9 Å². The van der Waals surface area contributed by atoms with Gasteiger partial charge in [-0.05, 0) is 51.8 Å². The van der Waals surface area contributed by atoms with Crippen molar-refractivity contribution in [2.24, 2.45) is 5.92 Å². The number of ether oxygens (including phenoxy) is 3. The Balaban J connectivity index is 0.000000596. The summed E-state index contributed by atoms with van der Waals surface area (Å²) >= 11 is 0. The van der Waals surface area contributed by atoms with Gasteiger partial charge in [0.1, 0.15) is 11.4 Å². The first-order valence-corrected chi connectivity index (χ1v) is 10.9. The van der Waals surface area contributed by atoms with Crippen LogP contribution in [-0.4, -0.2) is 36.2 Å². The van der Waals surface area contributed by atoms with E-state index in [4.69, 9.17) is 14.2 Å². The van der Waals surface area contributed by atoms with Crippen LogP contribution in [0.2, 0.25) is 0 Å². The number of carbonyl (C=O) groups is 2. The molecule has 0 aliphatic heterocycles. The Hall–Kier alpha value is -2.86. The summed E-state index contributed by atoms with van der Waals surface area (Å²) in [5, 5.41) is 0. The van der Waals surface area contributed by atoms with Gasteiger partial charge < -0.3 is 19.7 Å². The van der Waals surface area contributed by atoms with E-state index in [0.717, 1.165) is 18.6 Å². The van der Waals surface area contributed by atoms with E-state index < -0.39 is 17.9 Å². The molecule has 0 saturated heterocycles. The van der Waals surface area contributed by atoms with E-state index in [1.165, 1.54) is 5.56 Å². The SMILES string of the molecule is CC(C)(Cc1ccccc1)Oc1ccccc1.CCCC(C(=O)OCC)C(=O)OCC.O. The van der Waals surface area contributed by atoms with Gasteiger partial charge >= 0.3 is 11.9 Å². The molecule has 0 fully saturated rings. The normalized spacial score (nSPS) is 10.3. The molecule has 0 amide bonds. The van der Waals surface area contributed by atoms with Gasteiger partial charge in [0.25, 0.3) is 0 Å². The molecule has 0 saturated carbocycles. The second kappa shape index (κ2) is 15.9. The number of carbonyl (C=O) groups excluding carboxylic acids is 2. The highest BCUT2D eigenvalue weighted by Gasteiger charge is 2.28. The maximum atomic E-state index is 11.3. The first kappa shape index (κ1) is 29.1. The van der Waals surface area contributed by atoms with Crippen molar-refractivity contribution in [2.45, 2.75) is 59.5 Å². The molecule has 6 heteroatoms. The predicted octanol–water partition coefficient (Wildman–Crippen LogP) is 4.79. The smallest absolute Gasteiger partial charge is 0.320 e. The van der Waals surface area contributed by atoms with Crippen molar-refractivity contribution in [3.8, 4) is 5.75 Å². The molecule has 0 aromatic heterocycles. The minimum absolute atomic E-state index is 0. The number of benzene rings is 2. The Bertz CT molecular complexity index is 697. The van der Waals surface area contributed by atoms with E-state index in [9.17, 15) is 9.59 Å². The highest BCUT2D eigenvalue weighted by molar-refractivity contribution is 5.94. The summed E-state index contributed by atoms with van der Waals surface area (Å²) in [6, 6.07) is 20.4. The summed E-state index contributed by atoms with van der Waals surface area (Å²) in [6.07, 6.45) is 2.14. The lowest BCUT2D eigenvalue weighted by Crippen LogP contribution is -2.30. The molecule has 6 nitrogen and oxygen atoms in total. The molecule has 2 N–H and O–H groups in total. The maximum absolute atomic E-state index is 11.3. The summed E-state index contributed by atoms with van der Waals surface area (Å²) < 4.78 is 15.6. The van der Waals surface area contributed by atoms with Gasteiger partial charge in [0.2, 0.25) is 0 Å². The van der Waals surface area contributed by atoms with Crippen LogP contribution >= 0.6 is 0 Å². The highest BCUT2D eigenvalue weighted by Crippen LogP contribution is 2.21. The molecule has 2 aromatic rings. The first-order valence-electron chi connectivity index (χ1n) is 10.9. The van der Waals surface area contributed by atoms with Crippen molar-refractivity contribution in [3.05, 3.63) is 66.2 Å². The van der Waals surface area contributed by atoms with Gasteiger partial charge in [0, 0.05) is 6.42 Å².